The van der Waals surface area contributed by atoms with Gasteiger partial charge in [0.1, 0.15) is 17.5 Å². The molecule has 0 aromatic heterocycles. The third-order valence-corrected chi connectivity index (χ3v) is 4.63. The van der Waals surface area contributed by atoms with Gasteiger partial charge in [-0.1, -0.05) is 12.1 Å². The molecule has 2 atom stereocenters. The van der Waals surface area contributed by atoms with Crippen LogP contribution < -0.4 is 15.4 Å². The SMILES string of the molecule is CCOC(=O)Nc1ccccc1N[C@H]1c2cc(C#N)ccc2OC(C)(C)[C@@H]1O. The van der Waals surface area contributed by atoms with Crippen molar-refractivity contribution in [3.63, 3.8) is 0 Å². The molecule has 0 unspecified atom stereocenters. The number of nitrogens with one attached hydrogen (secondary N) is 2. The lowest BCUT2D eigenvalue weighted by molar-refractivity contribution is -0.0532. The summed E-state index contributed by atoms with van der Waals surface area (Å²) in [6.45, 7) is 5.60. The van der Waals surface area contributed by atoms with Gasteiger partial charge < -0.3 is 19.9 Å². The number of hydrogen-bond acceptors (Lipinski definition) is 6. The smallest absolute Gasteiger partial charge is 0.411 e. The molecule has 0 aliphatic carbocycles. The van der Waals surface area contributed by atoms with Crippen molar-refractivity contribution in [2.75, 3.05) is 17.2 Å². The normalized spacial score (nSPS) is 19.5. The Labute approximate surface area is 163 Å². The number of rotatable bonds is 4. The van der Waals surface area contributed by atoms with Gasteiger partial charge in [-0.05, 0) is 51.1 Å². The molecule has 1 aliphatic heterocycles. The molecule has 0 saturated heterocycles. The summed E-state index contributed by atoms with van der Waals surface area (Å²) in [6.07, 6.45) is -1.46. The minimum Gasteiger partial charge on any atom is -0.485 e. The van der Waals surface area contributed by atoms with Gasteiger partial charge in [0.05, 0.1) is 35.7 Å². The summed E-state index contributed by atoms with van der Waals surface area (Å²) in [7, 11) is 0. The predicted octanol–water partition coefficient (Wildman–Crippen LogP) is 3.81. The number of anilines is 2. The molecule has 3 N–H and O–H groups in total. The molecule has 0 bridgehead atoms. The van der Waals surface area contributed by atoms with E-state index in [-0.39, 0.29) is 6.61 Å². The van der Waals surface area contributed by atoms with Gasteiger partial charge in [0.2, 0.25) is 0 Å². The monoisotopic (exact) mass is 381 g/mol. The highest BCUT2D eigenvalue weighted by atomic mass is 16.5. The van der Waals surface area contributed by atoms with E-state index in [0.717, 1.165) is 0 Å². The fraction of sp³-hybridized carbons (Fsp3) is 0.333. The molecule has 3 rings (SSSR count). The van der Waals surface area contributed by atoms with E-state index in [9.17, 15) is 15.2 Å². The fourth-order valence-electron chi connectivity index (χ4n) is 3.19. The van der Waals surface area contributed by atoms with Gasteiger partial charge in [-0.2, -0.15) is 5.26 Å². The molecule has 0 spiro atoms. The number of para-hydroxylation sites is 2. The molecule has 0 saturated carbocycles. The zero-order valence-corrected chi connectivity index (χ0v) is 16.0. The van der Waals surface area contributed by atoms with Crippen LogP contribution in [0.3, 0.4) is 0 Å². The van der Waals surface area contributed by atoms with Crippen LogP contribution in [0, 0.1) is 11.3 Å². The van der Waals surface area contributed by atoms with Crippen molar-refractivity contribution in [3.05, 3.63) is 53.6 Å². The first-order valence-electron chi connectivity index (χ1n) is 9.06. The summed E-state index contributed by atoms with van der Waals surface area (Å²) in [5, 5.41) is 26.2. The summed E-state index contributed by atoms with van der Waals surface area (Å²) in [5.41, 5.74) is 1.44. The molecule has 0 fully saturated rings. The van der Waals surface area contributed by atoms with Gasteiger partial charge in [0, 0.05) is 5.56 Å². The maximum Gasteiger partial charge on any atom is 0.411 e. The lowest BCUT2D eigenvalue weighted by atomic mass is 9.85. The molecule has 1 amide bonds. The first-order chi connectivity index (χ1) is 13.4. The maximum absolute atomic E-state index is 11.8. The maximum atomic E-state index is 11.8. The van der Waals surface area contributed by atoms with E-state index in [4.69, 9.17) is 9.47 Å². The Kier molecular flexibility index (Phi) is 5.43. The molecule has 146 valence electrons. The molecule has 1 aliphatic rings. The van der Waals surface area contributed by atoms with Crippen LogP contribution in [0.1, 0.15) is 37.9 Å². The van der Waals surface area contributed by atoms with Crippen LogP contribution in [0.15, 0.2) is 42.5 Å². The molecule has 2 aromatic rings. The summed E-state index contributed by atoms with van der Waals surface area (Å²) >= 11 is 0. The van der Waals surface area contributed by atoms with Crippen molar-refractivity contribution in [1.82, 2.24) is 0 Å². The Balaban J connectivity index is 1.98. The van der Waals surface area contributed by atoms with Crippen molar-refractivity contribution >= 4 is 17.5 Å². The fourth-order valence-corrected chi connectivity index (χ4v) is 3.19. The van der Waals surface area contributed by atoms with Crippen molar-refractivity contribution in [2.45, 2.75) is 38.5 Å². The Morgan fingerprint density at radius 1 is 1.29 bits per heavy atom. The number of amides is 1. The van der Waals surface area contributed by atoms with Gasteiger partial charge in [-0.3, -0.25) is 5.32 Å². The van der Waals surface area contributed by atoms with Crippen molar-refractivity contribution in [2.24, 2.45) is 0 Å². The van der Waals surface area contributed by atoms with E-state index in [1.54, 1.807) is 57.2 Å². The topological polar surface area (TPSA) is 104 Å². The molecule has 28 heavy (non-hydrogen) atoms. The minimum absolute atomic E-state index is 0.263. The number of nitrogens with zero attached hydrogens (tertiary/aromatic N) is 1. The van der Waals surface area contributed by atoms with Gasteiger partial charge in [0.25, 0.3) is 0 Å². The quantitative estimate of drug-likeness (QED) is 0.744. The van der Waals surface area contributed by atoms with Gasteiger partial charge in [-0.15, -0.1) is 0 Å². The average molecular weight is 381 g/mol. The van der Waals surface area contributed by atoms with E-state index in [1.165, 1.54) is 0 Å². The van der Waals surface area contributed by atoms with Crippen LogP contribution in [-0.2, 0) is 4.74 Å². The molecule has 1 heterocycles. The van der Waals surface area contributed by atoms with Crippen LogP contribution in [-0.4, -0.2) is 29.5 Å². The van der Waals surface area contributed by atoms with Gasteiger partial charge in [-0.25, -0.2) is 4.79 Å². The van der Waals surface area contributed by atoms with E-state index in [0.29, 0.717) is 28.3 Å². The van der Waals surface area contributed by atoms with E-state index in [1.807, 2.05) is 6.07 Å². The third-order valence-electron chi connectivity index (χ3n) is 4.63. The molecule has 2 aromatic carbocycles. The first-order valence-corrected chi connectivity index (χ1v) is 9.06. The number of aliphatic hydroxyl groups is 1. The Morgan fingerprint density at radius 3 is 2.68 bits per heavy atom. The number of aliphatic hydroxyl groups excluding tert-OH is 1. The summed E-state index contributed by atoms with van der Waals surface area (Å²) in [6, 6.07) is 13.8. The Morgan fingerprint density at radius 2 is 2.00 bits per heavy atom. The van der Waals surface area contributed by atoms with Crippen LogP contribution in [0.2, 0.25) is 0 Å². The number of nitriles is 1. The highest BCUT2D eigenvalue weighted by molar-refractivity contribution is 5.89. The molecular weight excluding hydrogens is 358 g/mol. The Bertz CT molecular complexity index is 920. The average Bonchev–Trinajstić information content (AvgIpc) is 2.66. The predicted molar refractivity (Wildman–Crippen MR) is 105 cm³/mol. The second kappa shape index (κ2) is 7.79. The van der Waals surface area contributed by atoms with Crippen LogP contribution in [0.4, 0.5) is 16.2 Å². The number of benzene rings is 2. The van der Waals surface area contributed by atoms with Crippen LogP contribution >= 0.6 is 0 Å². The van der Waals surface area contributed by atoms with Crippen molar-refractivity contribution in [1.29, 1.82) is 5.26 Å². The van der Waals surface area contributed by atoms with Crippen LogP contribution in [0.5, 0.6) is 5.75 Å². The first kappa shape index (κ1) is 19.5. The third kappa shape index (κ3) is 3.87. The number of carbonyl (C=O) groups is 1. The lowest BCUT2D eigenvalue weighted by Crippen LogP contribution is -2.50. The highest BCUT2D eigenvalue weighted by Crippen LogP contribution is 2.42. The molecule has 7 nitrogen and oxygen atoms in total. The van der Waals surface area contributed by atoms with E-state index in [2.05, 4.69) is 16.7 Å². The zero-order chi connectivity index (χ0) is 20.3. The van der Waals surface area contributed by atoms with Gasteiger partial charge in [0.15, 0.2) is 0 Å². The second-order valence-electron chi connectivity index (χ2n) is 7.03. The largest absolute Gasteiger partial charge is 0.485 e. The number of hydrogen-bond donors (Lipinski definition) is 3. The summed E-state index contributed by atoms with van der Waals surface area (Å²) < 4.78 is 10.9. The number of carbonyl (C=O) groups excluding carboxylic acids is 1. The van der Waals surface area contributed by atoms with E-state index >= 15 is 0 Å². The van der Waals surface area contributed by atoms with E-state index < -0.39 is 23.8 Å². The second-order valence-corrected chi connectivity index (χ2v) is 7.03. The molecule has 0 radical (unpaired) electrons. The van der Waals surface area contributed by atoms with Gasteiger partial charge >= 0.3 is 6.09 Å². The lowest BCUT2D eigenvalue weighted by Gasteiger charge is -2.42. The molecule has 7 heteroatoms. The van der Waals surface area contributed by atoms with Crippen molar-refractivity contribution in [3.8, 4) is 11.8 Å². The Hall–Kier alpha value is -3.24. The number of ether oxygens (including phenoxy) is 2. The number of fused-ring (bicyclic) bond motifs is 1. The standard InChI is InChI=1S/C21H23N3O4/c1-4-27-20(26)24-16-8-6-5-7-15(16)23-18-14-11-13(12-22)9-10-17(14)28-21(2,3)19(18)25/h5-11,18-19,23,25H,4H2,1-3H3,(H,24,26)/t18-,19+/m0/s1. The molecular formula is C21H23N3O4. The van der Waals surface area contributed by atoms with Crippen molar-refractivity contribution < 1.29 is 19.4 Å². The summed E-state index contributed by atoms with van der Waals surface area (Å²) in [5.74, 6) is 0.600. The summed E-state index contributed by atoms with van der Waals surface area (Å²) in [4.78, 5) is 11.8. The minimum atomic E-state index is -0.899. The van der Waals surface area contributed by atoms with Crippen LogP contribution in [0.25, 0.3) is 0 Å². The zero-order valence-electron chi connectivity index (χ0n) is 16.0. The highest BCUT2D eigenvalue weighted by Gasteiger charge is 2.43.